The van der Waals surface area contributed by atoms with Crippen LogP contribution in [0.3, 0.4) is 0 Å². The number of hydrogen-bond donors (Lipinski definition) is 0. The molecule has 0 saturated heterocycles. The van der Waals surface area contributed by atoms with Crippen molar-refractivity contribution in [3.8, 4) is 11.8 Å². The molecular weight excluding hydrogens is 341 g/mol. The van der Waals surface area contributed by atoms with Crippen LogP contribution in [0.2, 0.25) is 0 Å². The first-order chi connectivity index (χ1) is 13.1. The van der Waals surface area contributed by atoms with Crippen LogP contribution in [0.4, 0.5) is 10.1 Å². The molecule has 2 aromatic rings. The Morgan fingerprint density at radius 2 is 2.15 bits per heavy atom. The lowest BCUT2D eigenvalue weighted by atomic mass is 10.0. The van der Waals surface area contributed by atoms with Crippen molar-refractivity contribution in [3.05, 3.63) is 71.8 Å². The summed E-state index contributed by atoms with van der Waals surface area (Å²) in [6, 6.07) is 14.3. The first kappa shape index (κ1) is 20.2. The molecule has 0 fully saturated rings. The summed E-state index contributed by atoms with van der Waals surface area (Å²) in [5, 5.41) is 8.82. The van der Waals surface area contributed by atoms with Crippen molar-refractivity contribution in [1.82, 2.24) is 0 Å². The molecule has 4 nitrogen and oxygen atoms in total. The lowest BCUT2D eigenvalue weighted by Gasteiger charge is -2.19. The van der Waals surface area contributed by atoms with Crippen LogP contribution in [0.15, 0.2) is 59.9 Å². The molecule has 27 heavy (non-hydrogen) atoms. The molecule has 0 saturated carbocycles. The molecule has 2 aromatic carbocycles. The highest BCUT2D eigenvalue weighted by Crippen LogP contribution is 2.23. The largest absolute Gasteiger partial charge is 0.493 e. The Bertz CT molecular complexity index is 842. The van der Waals surface area contributed by atoms with Gasteiger partial charge in [-0.1, -0.05) is 19.1 Å². The van der Waals surface area contributed by atoms with Crippen LogP contribution in [0.1, 0.15) is 25.0 Å². The van der Waals surface area contributed by atoms with E-state index < -0.39 is 0 Å². The minimum atomic E-state index is -0.343. The fourth-order valence-corrected chi connectivity index (χ4v) is 2.71. The van der Waals surface area contributed by atoms with Crippen molar-refractivity contribution in [3.63, 3.8) is 0 Å². The summed E-state index contributed by atoms with van der Waals surface area (Å²) in [6.45, 7) is 8.78. The lowest BCUT2D eigenvalue weighted by Crippen LogP contribution is -2.15. The number of hydrogen-bond acceptors (Lipinski definition) is 4. The zero-order valence-corrected chi connectivity index (χ0v) is 15.7. The molecule has 0 aliphatic heterocycles. The predicted molar refractivity (Wildman–Crippen MR) is 108 cm³/mol. The van der Waals surface area contributed by atoms with Crippen molar-refractivity contribution in [2.45, 2.75) is 20.3 Å². The van der Waals surface area contributed by atoms with Crippen molar-refractivity contribution < 1.29 is 9.13 Å². The second-order valence-corrected chi connectivity index (χ2v) is 6.30. The third-order valence-electron chi connectivity index (χ3n) is 4.13. The van der Waals surface area contributed by atoms with E-state index >= 15 is 0 Å². The molecule has 0 bridgehead atoms. The van der Waals surface area contributed by atoms with Gasteiger partial charge in [-0.2, -0.15) is 5.26 Å². The monoisotopic (exact) mass is 365 g/mol. The highest BCUT2D eigenvalue weighted by molar-refractivity contribution is 5.53. The van der Waals surface area contributed by atoms with E-state index in [2.05, 4.69) is 18.6 Å². The molecule has 2 rings (SSSR count). The molecule has 0 aliphatic carbocycles. The molecular formula is C22H24FN3O. The Balaban J connectivity index is 1.98. The number of nitriles is 1. The summed E-state index contributed by atoms with van der Waals surface area (Å²) in [7, 11) is 0. The Labute approximate surface area is 160 Å². The third kappa shape index (κ3) is 5.96. The summed E-state index contributed by atoms with van der Waals surface area (Å²) in [4.78, 5) is 5.78. The van der Waals surface area contributed by atoms with E-state index in [9.17, 15) is 4.39 Å². The van der Waals surface area contributed by atoms with Crippen LogP contribution < -0.4 is 9.64 Å². The molecule has 0 spiro atoms. The Morgan fingerprint density at radius 3 is 2.81 bits per heavy atom. The van der Waals surface area contributed by atoms with Gasteiger partial charge in [-0.05, 0) is 55.8 Å². The number of ether oxygens (including phenoxy) is 1. The maximum atomic E-state index is 14.0. The van der Waals surface area contributed by atoms with Gasteiger partial charge >= 0.3 is 0 Å². The summed E-state index contributed by atoms with van der Waals surface area (Å²) in [5.41, 5.74) is 1.93. The average molecular weight is 365 g/mol. The van der Waals surface area contributed by atoms with Gasteiger partial charge < -0.3 is 9.64 Å². The zero-order chi connectivity index (χ0) is 19.6. The van der Waals surface area contributed by atoms with Gasteiger partial charge in [0.15, 0.2) is 0 Å². The molecule has 0 amide bonds. The van der Waals surface area contributed by atoms with Crippen LogP contribution in [0.5, 0.6) is 5.75 Å². The summed E-state index contributed by atoms with van der Waals surface area (Å²) in [6.07, 6.45) is 4.06. The van der Waals surface area contributed by atoms with Gasteiger partial charge in [0, 0.05) is 30.7 Å². The second kappa shape index (κ2) is 10.1. The molecule has 1 atom stereocenters. The topological polar surface area (TPSA) is 48.6 Å². The van der Waals surface area contributed by atoms with Crippen LogP contribution in [-0.2, 0) is 6.42 Å². The molecule has 5 heteroatoms. The number of anilines is 1. The van der Waals surface area contributed by atoms with Gasteiger partial charge in [-0.3, -0.25) is 4.99 Å². The van der Waals surface area contributed by atoms with Crippen LogP contribution in [0.25, 0.3) is 0 Å². The Hall–Kier alpha value is -3.13. The van der Waals surface area contributed by atoms with E-state index in [1.54, 1.807) is 18.3 Å². The predicted octanol–water partition coefficient (Wildman–Crippen LogP) is 4.95. The number of nitrogens with zero attached hydrogens (tertiary/aromatic N) is 3. The summed E-state index contributed by atoms with van der Waals surface area (Å²) in [5.74, 6) is 0.547. The minimum Gasteiger partial charge on any atom is -0.493 e. The van der Waals surface area contributed by atoms with E-state index in [0.717, 1.165) is 18.0 Å². The second-order valence-electron chi connectivity index (χ2n) is 6.30. The Morgan fingerprint density at radius 1 is 1.33 bits per heavy atom. The van der Waals surface area contributed by atoms with Gasteiger partial charge in [0.1, 0.15) is 11.6 Å². The maximum Gasteiger partial charge on any atom is 0.127 e. The maximum absolute atomic E-state index is 14.0. The van der Waals surface area contributed by atoms with E-state index in [1.807, 2.05) is 48.4 Å². The lowest BCUT2D eigenvalue weighted by molar-refractivity contribution is 0.258. The van der Waals surface area contributed by atoms with Gasteiger partial charge in [0.2, 0.25) is 0 Å². The molecule has 0 heterocycles. The molecule has 0 aliphatic rings. The van der Waals surface area contributed by atoms with E-state index in [-0.39, 0.29) is 11.7 Å². The van der Waals surface area contributed by atoms with Crippen LogP contribution in [0, 0.1) is 23.1 Å². The standard InChI is InChI=1S/C22H24FN3O/c1-4-26(11-10-25-3)20-6-5-7-21(14-20)27-16-17(2)12-19-9-8-18(15-24)13-22(19)23/h5-11,13-14,17H,3-4,12,16H2,1-2H3/b11-10-. The van der Waals surface area contributed by atoms with E-state index in [0.29, 0.717) is 24.2 Å². The smallest absolute Gasteiger partial charge is 0.127 e. The minimum absolute atomic E-state index is 0.128. The first-order valence-corrected chi connectivity index (χ1v) is 8.88. The number of aliphatic imine (C=N–C) groups is 1. The number of halogens is 1. The molecule has 140 valence electrons. The molecule has 0 N–H and O–H groups in total. The third-order valence-corrected chi connectivity index (χ3v) is 4.13. The van der Waals surface area contributed by atoms with E-state index in [4.69, 9.17) is 10.00 Å². The van der Waals surface area contributed by atoms with Crippen LogP contribution in [-0.4, -0.2) is 19.9 Å². The highest BCUT2D eigenvalue weighted by Gasteiger charge is 2.10. The SMILES string of the molecule is C=N/C=C\N(CC)c1cccc(OCC(C)Cc2ccc(C#N)cc2F)c1. The van der Waals surface area contributed by atoms with Crippen LogP contribution >= 0.6 is 0 Å². The fourth-order valence-electron chi connectivity index (χ4n) is 2.71. The number of benzene rings is 2. The fraction of sp³-hybridized carbons (Fsp3) is 0.273. The molecule has 1 unspecified atom stereocenters. The molecule has 0 radical (unpaired) electrons. The first-order valence-electron chi connectivity index (χ1n) is 8.88. The summed E-state index contributed by atoms with van der Waals surface area (Å²) >= 11 is 0. The van der Waals surface area contributed by atoms with Gasteiger partial charge in [-0.25, -0.2) is 4.39 Å². The van der Waals surface area contributed by atoms with Crippen molar-refractivity contribution in [2.24, 2.45) is 10.9 Å². The van der Waals surface area contributed by atoms with Gasteiger partial charge in [0.05, 0.1) is 18.2 Å². The van der Waals surface area contributed by atoms with Gasteiger partial charge in [-0.15, -0.1) is 0 Å². The van der Waals surface area contributed by atoms with Crippen molar-refractivity contribution in [1.29, 1.82) is 5.26 Å². The molecule has 0 aromatic heterocycles. The average Bonchev–Trinajstić information content (AvgIpc) is 2.69. The highest BCUT2D eigenvalue weighted by atomic mass is 19.1. The quantitative estimate of drug-likeness (QED) is 0.591. The number of rotatable bonds is 9. The summed E-state index contributed by atoms with van der Waals surface area (Å²) < 4.78 is 19.9. The Kier molecular flexibility index (Phi) is 7.57. The van der Waals surface area contributed by atoms with E-state index in [1.165, 1.54) is 6.07 Å². The van der Waals surface area contributed by atoms with Crippen molar-refractivity contribution >= 4 is 12.4 Å². The van der Waals surface area contributed by atoms with Crippen molar-refractivity contribution in [2.75, 3.05) is 18.1 Å². The van der Waals surface area contributed by atoms with Gasteiger partial charge in [0.25, 0.3) is 0 Å². The zero-order valence-electron chi connectivity index (χ0n) is 15.7. The normalized spacial score (nSPS) is 11.8.